The first-order valence-corrected chi connectivity index (χ1v) is 10.8. The minimum atomic E-state index is -4.04. The van der Waals surface area contributed by atoms with Gasteiger partial charge in [0.1, 0.15) is 17.7 Å². The molecule has 2 aromatic rings. The molecule has 0 unspecified atom stereocenters. The van der Waals surface area contributed by atoms with Gasteiger partial charge in [-0.25, -0.2) is 8.78 Å². The number of amides is 1. The van der Waals surface area contributed by atoms with Crippen LogP contribution in [0, 0.1) is 11.6 Å². The van der Waals surface area contributed by atoms with Gasteiger partial charge < -0.3 is 10.1 Å². The number of rotatable bonds is 6. The SMILES string of the molecule is COCCN1[C@@H](C(=O)Nc2ccc(F)c(Cl)c2)C[C@@H](c2ccc(F)cc2)NS1(=O)=O. The summed E-state index contributed by atoms with van der Waals surface area (Å²) in [6.45, 7) is 0.0263. The summed E-state index contributed by atoms with van der Waals surface area (Å²) >= 11 is 5.75. The van der Waals surface area contributed by atoms with Crippen molar-refractivity contribution in [2.75, 3.05) is 25.6 Å². The van der Waals surface area contributed by atoms with Crippen molar-refractivity contribution in [1.82, 2.24) is 9.03 Å². The third kappa shape index (κ3) is 5.13. The minimum Gasteiger partial charge on any atom is -0.383 e. The molecular formula is C19H20ClF2N3O4S. The highest BCUT2D eigenvalue weighted by atomic mass is 35.5. The molecular weight excluding hydrogens is 440 g/mol. The highest BCUT2D eigenvalue weighted by Gasteiger charge is 2.42. The number of benzene rings is 2. The maximum Gasteiger partial charge on any atom is 0.280 e. The molecule has 1 heterocycles. The van der Waals surface area contributed by atoms with E-state index in [-0.39, 0.29) is 30.3 Å². The fourth-order valence-corrected chi connectivity index (χ4v) is 4.94. The van der Waals surface area contributed by atoms with Crippen molar-refractivity contribution in [3.8, 4) is 0 Å². The van der Waals surface area contributed by atoms with Crippen molar-refractivity contribution in [3.63, 3.8) is 0 Å². The lowest BCUT2D eigenvalue weighted by Gasteiger charge is -2.38. The first-order chi connectivity index (χ1) is 14.2. The lowest BCUT2D eigenvalue weighted by atomic mass is 9.99. The van der Waals surface area contributed by atoms with E-state index in [1.54, 1.807) is 0 Å². The predicted octanol–water partition coefficient (Wildman–Crippen LogP) is 2.85. The third-order valence-corrected chi connectivity index (χ3v) is 6.61. The quantitative estimate of drug-likeness (QED) is 0.695. The average Bonchev–Trinajstić information content (AvgIpc) is 2.69. The number of carbonyl (C=O) groups excluding carboxylic acids is 1. The molecule has 30 heavy (non-hydrogen) atoms. The summed E-state index contributed by atoms with van der Waals surface area (Å²) in [6, 6.07) is 7.21. The van der Waals surface area contributed by atoms with Crippen molar-refractivity contribution in [3.05, 3.63) is 64.7 Å². The zero-order valence-corrected chi connectivity index (χ0v) is 17.5. The van der Waals surface area contributed by atoms with Gasteiger partial charge in [0, 0.05) is 25.4 Å². The second kappa shape index (κ2) is 9.36. The number of carbonyl (C=O) groups is 1. The van der Waals surface area contributed by atoms with E-state index in [1.807, 2.05) is 0 Å². The van der Waals surface area contributed by atoms with Crippen LogP contribution in [0.4, 0.5) is 14.5 Å². The van der Waals surface area contributed by atoms with E-state index in [2.05, 4.69) is 10.0 Å². The topological polar surface area (TPSA) is 87.7 Å². The Hall–Kier alpha value is -2.11. The third-order valence-electron chi connectivity index (χ3n) is 4.68. The standard InChI is InChI=1S/C19H20ClF2N3O4S/c1-29-9-8-25-18(19(26)23-14-6-7-16(22)15(20)10-14)11-17(24-30(25,27)28)12-2-4-13(21)5-3-12/h2-7,10,17-18,24H,8-9,11H2,1H3,(H,23,26)/t17-,18+/m0/s1. The zero-order chi connectivity index (χ0) is 21.9. The molecule has 1 amide bonds. The summed E-state index contributed by atoms with van der Waals surface area (Å²) in [6.07, 6.45) is 0.0926. The first-order valence-electron chi connectivity index (χ1n) is 9.00. The lowest BCUT2D eigenvalue weighted by Crippen LogP contribution is -2.58. The summed E-state index contributed by atoms with van der Waals surface area (Å²) in [5, 5.41) is 2.41. The predicted molar refractivity (Wildman–Crippen MR) is 108 cm³/mol. The van der Waals surface area contributed by atoms with Crippen LogP contribution >= 0.6 is 11.6 Å². The Kier molecular flexibility index (Phi) is 7.04. The molecule has 7 nitrogen and oxygen atoms in total. The van der Waals surface area contributed by atoms with Crippen LogP contribution in [0.3, 0.4) is 0 Å². The van der Waals surface area contributed by atoms with Gasteiger partial charge in [0.15, 0.2) is 0 Å². The second-order valence-corrected chi connectivity index (χ2v) is 8.76. The van der Waals surface area contributed by atoms with E-state index >= 15 is 0 Å². The van der Waals surface area contributed by atoms with Gasteiger partial charge in [-0.1, -0.05) is 23.7 Å². The Morgan fingerprint density at radius 3 is 2.60 bits per heavy atom. The molecule has 0 spiro atoms. The molecule has 0 saturated carbocycles. The molecule has 0 radical (unpaired) electrons. The first kappa shape index (κ1) is 22.6. The van der Waals surface area contributed by atoms with Gasteiger partial charge >= 0.3 is 0 Å². The van der Waals surface area contributed by atoms with Gasteiger partial charge in [0.2, 0.25) is 5.91 Å². The van der Waals surface area contributed by atoms with Crippen LogP contribution in [0.15, 0.2) is 42.5 Å². The van der Waals surface area contributed by atoms with Crippen molar-refractivity contribution < 1.29 is 26.7 Å². The molecule has 0 aromatic heterocycles. The van der Waals surface area contributed by atoms with Crippen molar-refractivity contribution in [1.29, 1.82) is 0 Å². The molecule has 2 atom stereocenters. The van der Waals surface area contributed by atoms with Crippen LogP contribution in [-0.4, -0.2) is 44.9 Å². The van der Waals surface area contributed by atoms with Crippen LogP contribution < -0.4 is 10.0 Å². The maximum absolute atomic E-state index is 13.4. The summed E-state index contributed by atoms with van der Waals surface area (Å²) in [7, 11) is -2.62. The van der Waals surface area contributed by atoms with Crippen LogP contribution in [0.1, 0.15) is 18.0 Å². The van der Waals surface area contributed by atoms with Gasteiger partial charge in [0.05, 0.1) is 11.6 Å². The van der Waals surface area contributed by atoms with E-state index < -0.39 is 39.8 Å². The summed E-state index contributed by atoms with van der Waals surface area (Å²) in [5.74, 6) is -1.70. The van der Waals surface area contributed by atoms with Crippen molar-refractivity contribution in [2.24, 2.45) is 0 Å². The Morgan fingerprint density at radius 2 is 1.97 bits per heavy atom. The highest BCUT2D eigenvalue weighted by Crippen LogP contribution is 2.30. The number of hydrogen-bond acceptors (Lipinski definition) is 4. The van der Waals surface area contributed by atoms with Gasteiger partial charge in [-0.2, -0.15) is 17.4 Å². The Morgan fingerprint density at radius 1 is 1.27 bits per heavy atom. The Labute approximate surface area is 178 Å². The van der Waals surface area contributed by atoms with Crippen molar-refractivity contribution >= 4 is 33.4 Å². The molecule has 11 heteroatoms. The monoisotopic (exact) mass is 459 g/mol. The maximum atomic E-state index is 13.4. The van der Waals surface area contributed by atoms with E-state index in [9.17, 15) is 22.0 Å². The van der Waals surface area contributed by atoms with Gasteiger partial charge in [-0.05, 0) is 42.3 Å². The number of methoxy groups -OCH3 is 1. The number of ether oxygens (including phenoxy) is 1. The number of hydrogen-bond donors (Lipinski definition) is 2. The van der Waals surface area contributed by atoms with E-state index in [4.69, 9.17) is 16.3 Å². The fourth-order valence-electron chi connectivity index (χ4n) is 3.20. The molecule has 1 aliphatic heterocycles. The van der Waals surface area contributed by atoms with Gasteiger partial charge in [-0.15, -0.1) is 0 Å². The minimum absolute atomic E-state index is 0.0514. The van der Waals surface area contributed by atoms with Crippen LogP contribution in [-0.2, 0) is 19.7 Å². The average molecular weight is 460 g/mol. The molecule has 162 valence electrons. The lowest BCUT2D eigenvalue weighted by molar-refractivity contribution is -0.120. The molecule has 3 rings (SSSR count). The zero-order valence-electron chi connectivity index (χ0n) is 15.9. The van der Waals surface area contributed by atoms with Crippen molar-refractivity contribution in [2.45, 2.75) is 18.5 Å². The molecule has 0 bridgehead atoms. The van der Waals surface area contributed by atoms with E-state index in [0.717, 1.165) is 10.4 Å². The summed E-state index contributed by atoms with van der Waals surface area (Å²) in [4.78, 5) is 13.0. The normalized spacial score (nSPS) is 21.3. The van der Waals surface area contributed by atoms with Crippen LogP contribution in [0.25, 0.3) is 0 Å². The number of halogens is 3. The molecule has 1 aliphatic rings. The van der Waals surface area contributed by atoms with Gasteiger partial charge in [0.25, 0.3) is 10.2 Å². The van der Waals surface area contributed by atoms with E-state index in [1.165, 1.54) is 43.5 Å². The smallest absolute Gasteiger partial charge is 0.280 e. The van der Waals surface area contributed by atoms with Gasteiger partial charge in [-0.3, -0.25) is 4.79 Å². The largest absolute Gasteiger partial charge is 0.383 e. The van der Waals surface area contributed by atoms with Crippen LogP contribution in [0.2, 0.25) is 5.02 Å². The van der Waals surface area contributed by atoms with E-state index in [0.29, 0.717) is 5.56 Å². The summed E-state index contributed by atoms with van der Waals surface area (Å²) < 4.78 is 60.8. The highest BCUT2D eigenvalue weighted by molar-refractivity contribution is 7.87. The molecule has 2 aromatic carbocycles. The fraction of sp³-hybridized carbons (Fsp3) is 0.316. The summed E-state index contributed by atoms with van der Waals surface area (Å²) in [5.41, 5.74) is 0.751. The number of anilines is 1. The molecule has 1 saturated heterocycles. The Bertz CT molecular complexity index is 1020. The Balaban J connectivity index is 1.89. The number of nitrogens with one attached hydrogen (secondary N) is 2. The second-order valence-electron chi connectivity index (χ2n) is 6.70. The molecule has 0 aliphatic carbocycles. The molecule has 1 fully saturated rings. The molecule has 2 N–H and O–H groups in total. The number of nitrogens with zero attached hydrogens (tertiary/aromatic N) is 1. The van der Waals surface area contributed by atoms with Crippen LogP contribution in [0.5, 0.6) is 0 Å².